The van der Waals surface area contributed by atoms with Crippen LogP contribution in [0.3, 0.4) is 0 Å². The first kappa shape index (κ1) is 27.2. The molecule has 0 heterocycles. The van der Waals surface area contributed by atoms with Gasteiger partial charge < -0.3 is 10.6 Å². The van der Waals surface area contributed by atoms with Crippen LogP contribution in [0.5, 0.6) is 0 Å². The van der Waals surface area contributed by atoms with E-state index in [-0.39, 0.29) is 31.2 Å². The van der Waals surface area contributed by atoms with Crippen LogP contribution >= 0.6 is 11.6 Å². The van der Waals surface area contributed by atoms with Crippen molar-refractivity contribution in [1.29, 1.82) is 0 Å². The number of para-hydroxylation sites is 1. The van der Waals surface area contributed by atoms with Crippen molar-refractivity contribution in [2.24, 2.45) is 0 Å². The Morgan fingerprint density at radius 3 is 2.36 bits per heavy atom. The summed E-state index contributed by atoms with van der Waals surface area (Å²) in [5, 5.41) is 6.14. The first-order valence-electron chi connectivity index (χ1n) is 11.6. The van der Waals surface area contributed by atoms with E-state index in [9.17, 15) is 18.0 Å². The molecule has 0 aliphatic heterocycles. The highest BCUT2D eigenvalue weighted by Gasteiger charge is 2.20. The van der Waals surface area contributed by atoms with Crippen molar-refractivity contribution in [2.45, 2.75) is 26.2 Å². The van der Waals surface area contributed by atoms with Crippen molar-refractivity contribution in [3.8, 4) is 0 Å². The van der Waals surface area contributed by atoms with Gasteiger partial charge in [0.05, 0.1) is 23.2 Å². The van der Waals surface area contributed by atoms with Crippen molar-refractivity contribution in [3.63, 3.8) is 0 Å². The molecular formula is C27H30ClN3O4S. The van der Waals surface area contributed by atoms with E-state index in [0.29, 0.717) is 40.5 Å². The zero-order chi connectivity index (χ0) is 26.1. The zero-order valence-corrected chi connectivity index (χ0v) is 21.9. The summed E-state index contributed by atoms with van der Waals surface area (Å²) in [5.41, 5.74) is 3.04. The number of hydrogen-bond donors (Lipinski definition) is 2. The number of nitrogens with zero attached hydrogens (tertiary/aromatic N) is 1. The summed E-state index contributed by atoms with van der Waals surface area (Å²) < 4.78 is 26.1. The van der Waals surface area contributed by atoms with E-state index < -0.39 is 10.0 Å². The largest absolute Gasteiger partial charge is 0.352 e. The smallest absolute Gasteiger partial charge is 0.253 e. The number of anilines is 2. The number of carbonyl (C=O) groups excluding carboxylic acids is 2. The molecule has 3 aromatic carbocycles. The second-order valence-corrected chi connectivity index (χ2v) is 10.7. The quantitative estimate of drug-likeness (QED) is 0.374. The van der Waals surface area contributed by atoms with Gasteiger partial charge in [-0.25, -0.2) is 8.42 Å². The van der Waals surface area contributed by atoms with Crippen LogP contribution < -0.4 is 14.9 Å². The molecule has 0 bridgehead atoms. The van der Waals surface area contributed by atoms with Crippen molar-refractivity contribution < 1.29 is 18.0 Å². The maximum atomic E-state index is 12.7. The third kappa shape index (κ3) is 7.57. The van der Waals surface area contributed by atoms with Crippen LogP contribution in [0.1, 0.15) is 34.3 Å². The van der Waals surface area contributed by atoms with E-state index in [1.54, 1.807) is 49.4 Å². The van der Waals surface area contributed by atoms with E-state index in [0.717, 1.165) is 11.8 Å². The minimum absolute atomic E-state index is 0.0790. The molecule has 0 aliphatic carbocycles. The second-order valence-electron chi connectivity index (χ2n) is 8.41. The fraction of sp³-hybridized carbons (Fsp3) is 0.259. The number of rotatable bonds is 11. The topological polar surface area (TPSA) is 95.6 Å². The third-order valence-electron chi connectivity index (χ3n) is 5.66. The van der Waals surface area contributed by atoms with Gasteiger partial charge in [-0.15, -0.1) is 0 Å². The van der Waals surface area contributed by atoms with Gasteiger partial charge in [-0.05, 0) is 55.2 Å². The second kappa shape index (κ2) is 12.6. The lowest BCUT2D eigenvalue weighted by molar-refractivity contribution is -0.116. The average molecular weight is 528 g/mol. The Bertz CT molecular complexity index is 1310. The lowest BCUT2D eigenvalue weighted by Gasteiger charge is -2.24. The fourth-order valence-corrected chi connectivity index (χ4v) is 4.96. The summed E-state index contributed by atoms with van der Waals surface area (Å²) in [6, 6.07) is 21.7. The van der Waals surface area contributed by atoms with Crippen LogP contribution in [0.15, 0.2) is 72.8 Å². The molecule has 0 radical (unpaired) electrons. The van der Waals surface area contributed by atoms with Crippen LogP contribution in [0.4, 0.5) is 11.4 Å². The number of hydrogen-bond acceptors (Lipinski definition) is 4. The summed E-state index contributed by atoms with van der Waals surface area (Å²) >= 11 is 6.17. The molecule has 2 amide bonds. The van der Waals surface area contributed by atoms with Gasteiger partial charge in [0.2, 0.25) is 15.9 Å². The molecule has 0 aromatic heterocycles. The maximum absolute atomic E-state index is 12.7. The predicted molar refractivity (Wildman–Crippen MR) is 145 cm³/mol. The minimum atomic E-state index is -3.57. The third-order valence-corrected chi connectivity index (χ3v) is 7.25. The molecule has 36 heavy (non-hydrogen) atoms. The van der Waals surface area contributed by atoms with Gasteiger partial charge in [0.25, 0.3) is 5.91 Å². The summed E-state index contributed by atoms with van der Waals surface area (Å²) in [4.78, 5) is 25.4. The molecule has 7 nitrogen and oxygen atoms in total. The highest BCUT2D eigenvalue weighted by Crippen LogP contribution is 2.28. The van der Waals surface area contributed by atoms with Crippen molar-refractivity contribution in [3.05, 3.63) is 94.5 Å². The standard InChI is InChI=1S/C27H30ClN3O4S/c1-20-23(28)13-8-15-25(20)31(36(2,34)35)19-9-16-26(32)30-24-14-7-6-12-22(24)27(33)29-18-17-21-10-4-3-5-11-21/h3-8,10-15H,9,16-19H2,1-2H3,(H,29,33)(H,30,32). The molecule has 190 valence electrons. The predicted octanol–water partition coefficient (Wildman–Crippen LogP) is 4.81. The first-order chi connectivity index (χ1) is 17.2. The van der Waals surface area contributed by atoms with E-state index in [4.69, 9.17) is 11.6 Å². The number of halogens is 1. The van der Waals surface area contributed by atoms with Gasteiger partial charge >= 0.3 is 0 Å². The highest BCUT2D eigenvalue weighted by atomic mass is 35.5. The molecule has 0 unspecified atom stereocenters. The highest BCUT2D eigenvalue weighted by molar-refractivity contribution is 7.92. The molecule has 2 N–H and O–H groups in total. The first-order valence-corrected chi connectivity index (χ1v) is 13.8. The number of nitrogens with one attached hydrogen (secondary N) is 2. The van der Waals surface area contributed by atoms with E-state index in [2.05, 4.69) is 10.6 Å². The number of amides is 2. The van der Waals surface area contributed by atoms with Gasteiger partial charge in [0, 0.05) is 24.5 Å². The van der Waals surface area contributed by atoms with Gasteiger partial charge in [-0.3, -0.25) is 13.9 Å². The Labute approximate surface area is 217 Å². The lowest BCUT2D eigenvalue weighted by Crippen LogP contribution is -2.32. The molecule has 0 saturated carbocycles. The van der Waals surface area contributed by atoms with Gasteiger partial charge in [0.15, 0.2) is 0 Å². The molecule has 0 spiro atoms. The average Bonchev–Trinajstić information content (AvgIpc) is 2.84. The van der Waals surface area contributed by atoms with Crippen molar-refractivity contribution in [2.75, 3.05) is 29.0 Å². The molecule has 0 atom stereocenters. The van der Waals surface area contributed by atoms with E-state index in [1.807, 2.05) is 30.3 Å². The number of benzene rings is 3. The normalized spacial score (nSPS) is 11.1. The molecular weight excluding hydrogens is 498 g/mol. The van der Waals surface area contributed by atoms with E-state index >= 15 is 0 Å². The summed E-state index contributed by atoms with van der Waals surface area (Å²) in [7, 11) is -3.57. The Morgan fingerprint density at radius 2 is 1.64 bits per heavy atom. The molecule has 0 saturated heterocycles. The molecule has 3 aromatic rings. The fourth-order valence-electron chi connectivity index (χ4n) is 3.78. The van der Waals surface area contributed by atoms with E-state index in [1.165, 1.54) is 4.31 Å². The summed E-state index contributed by atoms with van der Waals surface area (Å²) in [5.74, 6) is -0.586. The van der Waals surface area contributed by atoms with Crippen molar-refractivity contribution in [1.82, 2.24) is 5.32 Å². The number of carbonyl (C=O) groups is 2. The Morgan fingerprint density at radius 1 is 0.944 bits per heavy atom. The Balaban J connectivity index is 1.58. The van der Waals surface area contributed by atoms with Crippen LogP contribution in [0.25, 0.3) is 0 Å². The maximum Gasteiger partial charge on any atom is 0.253 e. The zero-order valence-electron chi connectivity index (χ0n) is 20.3. The monoisotopic (exact) mass is 527 g/mol. The minimum Gasteiger partial charge on any atom is -0.352 e. The van der Waals surface area contributed by atoms with Crippen LogP contribution in [-0.4, -0.2) is 39.6 Å². The van der Waals surface area contributed by atoms with Gasteiger partial charge in [-0.2, -0.15) is 0 Å². The molecule has 9 heteroatoms. The molecule has 3 rings (SSSR count). The van der Waals surface area contributed by atoms with Crippen LogP contribution in [0.2, 0.25) is 5.02 Å². The lowest BCUT2D eigenvalue weighted by atomic mass is 10.1. The Kier molecular flexibility index (Phi) is 9.50. The SMILES string of the molecule is Cc1c(Cl)cccc1N(CCCC(=O)Nc1ccccc1C(=O)NCCc1ccccc1)S(C)(=O)=O. The summed E-state index contributed by atoms with van der Waals surface area (Å²) in [6.45, 7) is 2.34. The van der Waals surface area contributed by atoms with Gasteiger partial charge in [-0.1, -0.05) is 60.1 Å². The molecule has 0 aliphatic rings. The van der Waals surface area contributed by atoms with Crippen molar-refractivity contribution >= 4 is 44.8 Å². The van der Waals surface area contributed by atoms with Gasteiger partial charge in [0.1, 0.15) is 0 Å². The van der Waals surface area contributed by atoms with Crippen LogP contribution in [-0.2, 0) is 21.2 Å². The summed E-state index contributed by atoms with van der Waals surface area (Å²) in [6.07, 6.45) is 2.19. The number of sulfonamides is 1. The Hall–Kier alpha value is -3.36. The van der Waals surface area contributed by atoms with Crippen LogP contribution in [0, 0.1) is 6.92 Å². The molecule has 0 fully saturated rings.